The van der Waals surface area contributed by atoms with E-state index in [2.05, 4.69) is 4.98 Å². The predicted octanol–water partition coefficient (Wildman–Crippen LogP) is 2.58. The summed E-state index contributed by atoms with van der Waals surface area (Å²) >= 11 is 0. The molecule has 0 radical (unpaired) electrons. The summed E-state index contributed by atoms with van der Waals surface area (Å²) in [5.41, 5.74) is 2.44. The molecule has 19 heavy (non-hydrogen) atoms. The van der Waals surface area contributed by atoms with E-state index in [1.165, 1.54) is 18.5 Å². The third-order valence-corrected chi connectivity index (χ3v) is 2.88. The fourth-order valence-corrected chi connectivity index (χ4v) is 1.90. The predicted molar refractivity (Wildman–Crippen MR) is 71.7 cm³/mol. The van der Waals surface area contributed by atoms with E-state index in [-0.39, 0.29) is 12.3 Å². The van der Waals surface area contributed by atoms with Gasteiger partial charge < -0.3 is 5.11 Å². The lowest BCUT2D eigenvalue weighted by Gasteiger charge is -2.04. The molecule has 0 unspecified atom stereocenters. The topological polar surface area (TPSA) is 76.3 Å². The van der Waals surface area contributed by atoms with E-state index in [0.717, 1.165) is 17.5 Å². The smallest absolute Gasteiger partial charge is 0.280 e. The van der Waals surface area contributed by atoms with Gasteiger partial charge in [0.05, 0.1) is 10.5 Å². The third-order valence-electron chi connectivity index (χ3n) is 2.88. The van der Waals surface area contributed by atoms with Gasteiger partial charge in [-0.2, -0.15) is 0 Å². The Hall–Kier alpha value is -2.27. The van der Waals surface area contributed by atoms with Gasteiger partial charge >= 0.3 is 0 Å². The lowest BCUT2D eigenvalue weighted by molar-refractivity contribution is -0.384. The number of nitro groups is 1. The van der Waals surface area contributed by atoms with Crippen LogP contribution in [0.15, 0.2) is 42.7 Å². The quantitative estimate of drug-likeness (QED) is 0.660. The second-order valence-corrected chi connectivity index (χ2v) is 4.17. The van der Waals surface area contributed by atoms with Crippen molar-refractivity contribution in [2.75, 3.05) is 6.61 Å². The average Bonchev–Trinajstić information content (AvgIpc) is 2.45. The Morgan fingerprint density at radius 2 is 1.95 bits per heavy atom. The number of aryl methyl sites for hydroxylation is 1. The Bertz CT molecular complexity index is 567. The van der Waals surface area contributed by atoms with Gasteiger partial charge in [0.25, 0.3) is 5.69 Å². The van der Waals surface area contributed by atoms with E-state index in [4.69, 9.17) is 5.11 Å². The SMILES string of the molecule is O=[N+]([O-])c1ccncc1-c1ccc(CCCO)cc1. The van der Waals surface area contributed by atoms with Gasteiger partial charge in [0.15, 0.2) is 0 Å². The van der Waals surface area contributed by atoms with Crippen molar-refractivity contribution in [1.29, 1.82) is 0 Å². The summed E-state index contributed by atoms with van der Waals surface area (Å²) in [6.07, 6.45) is 4.43. The molecule has 1 N–H and O–H groups in total. The zero-order valence-electron chi connectivity index (χ0n) is 10.3. The number of aromatic nitrogens is 1. The van der Waals surface area contributed by atoms with Gasteiger partial charge in [-0.1, -0.05) is 24.3 Å². The summed E-state index contributed by atoms with van der Waals surface area (Å²) in [4.78, 5) is 14.5. The van der Waals surface area contributed by atoms with Gasteiger partial charge in [0.2, 0.25) is 0 Å². The van der Waals surface area contributed by atoms with Crippen LogP contribution in [0.4, 0.5) is 5.69 Å². The Morgan fingerprint density at radius 1 is 1.21 bits per heavy atom. The first-order valence-electron chi connectivity index (χ1n) is 6.01. The Balaban J connectivity index is 2.30. The van der Waals surface area contributed by atoms with Crippen LogP contribution in [0.3, 0.4) is 0 Å². The normalized spacial score (nSPS) is 10.4. The number of aliphatic hydroxyl groups is 1. The van der Waals surface area contributed by atoms with Crippen LogP contribution in [0.5, 0.6) is 0 Å². The molecule has 5 heteroatoms. The van der Waals surface area contributed by atoms with Crippen LogP contribution < -0.4 is 0 Å². The Morgan fingerprint density at radius 3 is 2.58 bits per heavy atom. The number of hydrogen-bond donors (Lipinski definition) is 1. The third kappa shape index (κ3) is 3.14. The minimum Gasteiger partial charge on any atom is -0.396 e. The van der Waals surface area contributed by atoms with Crippen LogP contribution in [0.25, 0.3) is 11.1 Å². The molecule has 0 amide bonds. The highest BCUT2D eigenvalue weighted by Crippen LogP contribution is 2.28. The van der Waals surface area contributed by atoms with Gasteiger partial charge in [-0.3, -0.25) is 15.1 Å². The van der Waals surface area contributed by atoms with Crippen molar-refractivity contribution in [2.24, 2.45) is 0 Å². The van der Waals surface area contributed by atoms with Gasteiger partial charge in [0, 0.05) is 25.1 Å². The molecule has 0 saturated carbocycles. The summed E-state index contributed by atoms with van der Waals surface area (Å²) in [6, 6.07) is 8.92. The molecule has 98 valence electrons. The molecule has 5 nitrogen and oxygen atoms in total. The van der Waals surface area contributed by atoms with Gasteiger partial charge in [-0.25, -0.2) is 0 Å². The van der Waals surface area contributed by atoms with Crippen molar-refractivity contribution in [2.45, 2.75) is 12.8 Å². The van der Waals surface area contributed by atoms with Gasteiger partial charge in [-0.05, 0) is 24.0 Å². The fourth-order valence-electron chi connectivity index (χ4n) is 1.90. The van der Waals surface area contributed by atoms with E-state index < -0.39 is 4.92 Å². The molecule has 0 aliphatic carbocycles. The molecule has 1 heterocycles. The van der Waals surface area contributed by atoms with E-state index in [0.29, 0.717) is 12.0 Å². The maximum atomic E-state index is 11.0. The summed E-state index contributed by atoms with van der Waals surface area (Å²) in [6.45, 7) is 0.163. The number of aliphatic hydroxyl groups excluding tert-OH is 1. The highest BCUT2D eigenvalue weighted by molar-refractivity contribution is 5.72. The summed E-state index contributed by atoms with van der Waals surface area (Å²) < 4.78 is 0. The molecule has 0 aliphatic heterocycles. The molecule has 1 aromatic carbocycles. The number of nitrogens with zero attached hydrogens (tertiary/aromatic N) is 2. The molecule has 0 bridgehead atoms. The van der Waals surface area contributed by atoms with E-state index >= 15 is 0 Å². The maximum Gasteiger partial charge on any atom is 0.280 e. The second-order valence-electron chi connectivity index (χ2n) is 4.17. The molecule has 2 rings (SSSR count). The minimum absolute atomic E-state index is 0.0538. The molecule has 0 spiro atoms. The number of pyridine rings is 1. The van der Waals surface area contributed by atoms with Crippen LogP contribution in [-0.4, -0.2) is 21.6 Å². The van der Waals surface area contributed by atoms with E-state index in [9.17, 15) is 10.1 Å². The zero-order valence-corrected chi connectivity index (χ0v) is 10.3. The van der Waals surface area contributed by atoms with E-state index in [1.807, 2.05) is 24.3 Å². The number of rotatable bonds is 5. The van der Waals surface area contributed by atoms with Crippen molar-refractivity contribution in [3.63, 3.8) is 0 Å². The first-order chi connectivity index (χ1) is 9.22. The molecule has 0 saturated heterocycles. The lowest BCUT2D eigenvalue weighted by atomic mass is 10.0. The molecule has 0 atom stereocenters. The van der Waals surface area contributed by atoms with Gasteiger partial charge in [-0.15, -0.1) is 0 Å². The molecule has 1 aromatic heterocycles. The minimum atomic E-state index is -0.406. The Kier molecular flexibility index (Phi) is 4.20. The van der Waals surface area contributed by atoms with E-state index in [1.54, 1.807) is 0 Å². The molecule has 0 aliphatic rings. The van der Waals surface area contributed by atoms with Crippen LogP contribution in [0, 0.1) is 10.1 Å². The summed E-state index contributed by atoms with van der Waals surface area (Å²) in [7, 11) is 0. The lowest BCUT2D eigenvalue weighted by Crippen LogP contribution is -1.93. The zero-order chi connectivity index (χ0) is 13.7. The first-order valence-corrected chi connectivity index (χ1v) is 6.01. The van der Waals surface area contributed by atoms with Crippen molar-refractivity contribution in [3.05, 3.63) is 58.4 Å². The van der Waals surface area contributed by atoms with Crippen LogP contribution in [0.2, 0.25) is 0 Å². The number of hydrogen-bond acceptors (Lipinski definition) is 4. The first kappa shape index (κ1) is 13.2. The molecule has 2 aromatic rings. The monoisotopic (exact) mass is 258 g/mol. The number of benzene rings is 1. The molecule has 0 fully saturated rings. The highest BCUT2D eigenvalue weighted by Gasteiger charge is 2.14. The van der Waals surface area contributed by atoms with Crippen LogP contribution >= 0.6 is 0 Å². The standard InChI is InChI=1S/C14H14N2O3/c17-9-1-2-11-3-5-12(6-4-11)13-10-15-8-7-14(13)16(18)19/h3-8,10,17H,1-2,9H2. The fraction of sp³-hybridized carbons (Fsp3) is 0.214. The summed E-state index contributed by atoms with van der Waals surface area (Å²) in [5.74, 6) is 0. The largest absolute Gasteiger partial charge is 0.396 e. The van der Waals surface area contributed by atoms with Crippen LogP contribution in [0.1, 0.15) is 12.0 Å². The second kappa shape index (κ2) is 6.06. The highest BCUT2D eigenvalue weighted by atomic mass is 16.6. The maximum absolute atomic E-state index is 11.0. The molecular weight excluding hydrogens is 244 g/mol. The Labute approximate surface area is 110 Å². The average molecular weight is 258 g/mol. The van der Waals surface area contributed by atoms with Crippen molar-refractivity contribution < 1.29 is 10.0 Å². The van der Waals surface area contributed by atoms with Crippen molar-refractivity contribution in [3.8, 4) is 11.1 Å². The van der Waals surface area contributed by atoms with Crippen molar-refractivity contribution in [1.82, 2.24) is 4.98 Å². The molecular formula is C14H14N2O3. The summed E-state index contributed by atoms with van der Waals surface area (Å²) in [5, 5.41) is 19.7. The van der Waals surface area contributed by atoms with Crippen LogP contribution in [-0.2, 0) is 6.42 Å². The van der Waals surface area contributed by atoms with Crippen molar-refractivity contribution >= 4 is 5.69 Å². The van der Waals surface area contributed by atoms with Gasteiger partial charge in [0.1, 0.15) is 0 Å².